The third-order valence-electron chi connectivity index (χ3n) is 5.68. The molecular weight excluding hydrogens is 313 g/mol. The van der Waals surface area contributed by atoms with Gasteiger partial charge in [-0.3, -0.25) is 0 Å². The lowest BCUT2D eigenvalue weighted by Gasteiger charge is -2.39. The third kappa shape index (κ3) is 2.07. The Labute approximate surface area is 138 Å². The Morgan fingerprint density at radius 3 is 2.50 bits per heavy atom. The quantitative estimate of drug-likeness (QED) is 0.803. The predicted octanol–water partition coefficient (Wildman–Crippen LogP) is 4.52. The molecule has 2 nitrogen and oxygen atoms in total. The van der Waals surface area contributed by atoms with Crippen LogP contribution < -0.4 is 10.6 Å². The van der Waals surface area contributed by atoms with E-state index in [0.29, 0.717) is 17.9 Å². The number of nitrogens with one attached hydrogen (secondary N) is 2. The number of anilines is 1. The van der Waals surface area contributed by atoms with E-state index in [1.807, 2.05) is 18.2 Å². The minimum absolute atomic E-state index is 0.00231. The highest BCUT2D eigenvalue weighted by Gasteiger charge is 2.58. The maximum absolute atomic E-state index is 13.1. The van der Waals surface area contributed by atoms with Crippen molar-refractivity contribution in [3.63, 3.8) is 0 Å². The fourth-order valence-corrected chi connectivity index (χ4v) is 4.51. The van der Waals surface area contributed by atoms with Gasteiger partial charge in [0, 0.05) is 23.7 Å². The summed E-state index contributed by atoms with van der Waals surface area (Å²) >= 11 is 0. The Morgan fingerprint density at radius 1 is 0.958 bits per heavy atom. The van der Waals surface area contributed by atoms with Crippen LogP contribution in [-0.4, -0.2) is 6.04 Å². The first-order valence-corrected chi connectivity index (χ1v) is 8.31. The molecule has 5 rings (SSSR count). The SMILES string of the molecule is FC(F)(F)c1ccc2c(c1)C1NC3CC3C1[C@H](c1ccccc1)N2. The normalized spacial score (nSPS) is 33.2. The van der Waals surface area contributed by atoms with Gasteiger partial charge in [0.1, 0.15) is 0 Å². The lowest BCUT2D eigenvalue weighted by Crippen LogP contribution is -2.35. The zero-order valence-corrected chi connectivity index (χ0v) is 12.8. The Balaban J connectivity index is 1.60. The molecule has 2 aliphatic heterocycles. The summed E-state index contributed by atoms with van der Waals surface area (Å²) in [4.78, 5) is 0. The molecule has 124 valence electrons. The molecule has 0 bridgehead atoms. The largest absolute Gasteiger partial charge is 0.416 e. The van der Waals surface area contributed by atoms with E-state index >= 15 is 0 Å². The molecule has 0 spiro atoms. The van der Waals surface area contributed by atoms with E-state index in [-0.39, 0.29) is 12.1 Å². The van der Waals surface area contributed by atoms with Gasteiger partial charge in [-0.05, 0) is 41.7 Å². The number of halogens is 3. The molecule has 0 amide bonds. The van der Waals surface area contributed by atoms with Crippen molar-refractivity contribution >= 4 is 5.69 Å². The maximum Gasteiger partial charge on any atom is 0.416 e. The van der Waals surface area contributed by atoms with E-state index in [1.165, 1.54) is 17.7 Å². The van der Waals surface area contributed by atoms with E-state index in [1.54, 1.807) is 6.07 Å². The van der Waals surface area contributed by atoms with Crippen LogP contribution in [0.3, 0.4) is 0 Å². The van der Waals surface area contributed by atoms with E-state index < -0.39 is 11.7 Å². The second-order valence-corrected chi connectivity index (χ2v) is 7.06. The van der Waals surface area contributed by atoms with Crippen molar-refractivity contribution in [1.82, 2.24) is 5.32 Å². The van der Waals surface area contributed by atoms with Crippen LogP contribution in [0.5, 0.6) is 0 Å². The number of rotatable bonds is 1. The minimum atomic E-state index is -4.30. The Kier molecular flexibility index (Phi) is 2.84. The molecule has 24 heavy (non-hydrogen) atoms. The number of hydrogen-bond acceptors (Lipinski definition) is 2. The van der Waals surface area contributed by atoms with Crippen molar-refractivity contribution in [2.75, 3.05) is 5.32 Å². The van der Waals surface area contributed by atoms with Gasteiger partial charge < -0.3 is 10.6 Å². The van der Waals surface area contributed by atoms with E-state index in [2.05, 4.69) is 22.8 Å². The van der Waals surface area contributed by atoms with Gasteiger partial charge in [0.25, 0.3) is 0 Å². The summed E-state index contributed by atoms with van der Waals surface area (Å²) in [6.45, 7) is 0. The summed E-state index contributed by atoms with van der Waals surface area (Å²) in [5.41, 5.74) is 2.20. The highest BCUT2D eigenvalue weighted by molar-refractivity contribution is 5.60. The molecule has 0 radical (unpaired) electrons. The molecule has 2 aromatic rings. The average Bonchev–Trinajstić information content (AvgIpc) is 3.24. The summed E-state index contributed by atoms with van der Waals surface area (Å²) in [5, 5.41) is 7.07. The van der Waals surface area contributed by atoms with Crippen molar-refractivity contribution in [3.05, 3.63) is 65.2 Å². The van der Waals surface area contributed by atoms with E-state index in [0.717, 1.165) is 17.7 Å². The fourth-order valence-electron chi connectivity index (χ4n) is 4.51. The van der Waals surface area contributed by atoms with Crippen LogP contribution in [0, 0.1) is 11.8 Å². The molecule has 2 heterocycles. The van der Waals surface area contributed by atoms with Gasteiger partial charge in [0.05, 0.1) is 11.6 Å². The number of alkyl halides is 3. The van der Waals surface area contributed by atoms with Gasteiger partial charge >= 0.3 is 6.18 Å². The molecule has 1 saturated carbocycles. The smallest absolute Gasteiger partial charge is 0.378 e. The average molecular weight is 330 g/mol. The van der Waals surface area contributed by atoms with Crippen molar-refractivity contribution < 1.29 is 13.2 Å². The highest BCUT2D eigenvalue weighted by Crippen LogP contribution is 2.59. The molecule has 0 aromatic heterocycles. The van der Waals surface area contributed by atoms with Crippen LogP contribution >= 0.6 is 0 Å². The van der Waals surface area contributed by atoms with Gasteiger partial charge in [-0.2, -0.15) is 13.2 Å². The van der Waals surface area contributed by atoms with E-state index in [9.17, 15) is 13.2 Å². The first-order chi connectivity index (χ1) is 11.5. The van der Waals surface area contributed by atoms with Crippen molar-refractivity contribution in [3.8, 4) is 0 Å². The minimum Gasteiger partial charge on any atom is -0.378 e. The summed E-state index contributed by atoms with van der Waals surface area (Å²) in [7, 11) is 0. The summed E-state index contributed by atoms with van der Waals surface area (Å²) in [6, 6.07) is 14.9. The second kappa shape index (κ2) is 4.76. The van der Waals surface area contributed by atoms with Gasteiger partial charge in [-0.1, -0.05) is 30.3 Å². The number of hydrogen-bond donors (Lipinski definition) is 2. The number of benzene rings is 2. The lowest BCUT2D eigenvalue weighted by atomic mass is 9.78. The molecule has 1 saturated heterocycles. The Morgan fingerprint density at radius 2 is 1.75 bits per heavy atom. The van der Waals surface area contributed by atoms with Crippen LogP contribution in [0.4, 0.5) is 18.9 Å². The third-order valence-corrected chi connectivity index (χ3v) is 5.68. The highest BCUT2D eigenvalue weighted by atomic mass is 19.4. The predicted molar refractivity (Wildman–Crippen MR) is 85.5 cm³/mol. The molecule has 5 heteroatoms. The van der Waals surface area contributed by atoms with Crippen LogP contribution in [-0.2, 0) is 6.18 Å². The molecule has 2 aromatic carbocycles. The topological polar surface area (TPSA) is 24.1 Å². The summed E-state index contributed by atoms with van der Waals surface area (Å²) in [6.07, 6.45) is -3.18. The Hall–Kier alpha value is -2.01. The fraction of sp³-hybridized carbons (Fsp3) is 0.368. The monoisotopic (exact) mass is 330 g/mol. The van der Waals surface area contributed by atoms with Crippen molar-refractivity contribution in [1.29, 1.82) is 0 Å². The van der Waals surface area contributed by atoms with Crippen LogP contribution in [0.1, 0.15) is 35.2 Å². The summed E-state index contributed by atoms with van der Waals surface area (Å²) < 4.78 is 39.3. The van der Waals surface area contributed by atoms with Gasteiger partial charge in [0.15, 0.2) is 0 Å². The van der Waals surface area contributed by atoms with Gasteiger partial charge in [0.2, 0.25) is 0 Å². The number of piperidine rings is 1. The molecule has 3 aliphatic rings. The second-order valence-electron chi connectivity index (χ2n) is 7.06. The van der Waals surface area contributed by atoms with Crippen molar-refractivity contribution in [2.45, 2.75) is 30.7 Å². The lowest BCUT2D eigenvalue weighted by molar-refractivity contribution is -0.137. The zero-order chi connectivity index (χ0) is 16.5. The van der Waals surface area contributed by atoms with Gasteiger partial charge in [-0.25, -0.2) is 0 Å². The standard InChI is InChI=1S/C19H17F3N2/c20-19(21,22)11-6-7-14-13(8-11)18-16(12-9-15(12)24-18)17(23-14)10-4-2-1-3-5-10/h1-8,12,15-18,23-24H,9H2/t12?,15?,16?,17-,18?/m0/s1. The maximum atomic E-state index is 13.1. The number of fused-ring (bicyclic) bond motifs is 5. The Bertz CT molecular complexity index is 787. The zero-order valence-electron chi connectivity index (χ0n) is 12.8. The van der Waals surface area contributed by atoms with Crippen LogP contribution in [0.2, 0.25) is 0 Å². The summed E-state index contributed by atoms with van der Waals surface area (Å²) in [5.74, 6) is 0.851. The molecule has 4 unspecified atom stereocenters. The first kappa shape index (κ1) is 14.3. The molecule has 1 aliphatic carbocycles. The molecule has 5 atom stereocenters. The van der Waals surface area contributed by atoms with E-state index in [4.69, 9.17) is 0 Å². The molecule has 2 N–H and O–H groups in total. The van der Waals surface area contributed by atoms with Crippen LogP contribution in [0.25, 0.3) is 0 Å². The molecular formula is C19H17F3N2. The molecule has 2 fully saturated rings. The van der Waals surface area contributed by atoms with Gasteiger partial charge in [-0.15, -0.1) is 0 Å². The van der Waals surface area contributed by atoms with Crippen LogP contribution in [0.15, 0.2) is 48.5 Å². The first-order valence-electron chi connectivity index (χ1n) is 8.31. The van der Waals surface area contributed by atoms with Crippen molar-refractivity contribution in [2.24, 2.45) is 11.8 Å².